The van der Waals surface area contributed by atoms with E-state index in [1.54, 1.807) is 0 Å². The third kappa shape index (κ3) is 2.11. The second-order valence-electron chi connectivity index (χ2n) is 4.37. The SMILES string of the molecule is Cc1c(C(=O)NCCCO)c2ccccc2n1C. The summed E-state index contributed by atoms with van der Waals surface area (Å²) in [5.74, 6) is -0.0715. The van der Waals surface area contributed by atoms with Crippen molar-refractivity contribution in [3.63, 3.8) is 0 Å². The average Bonchev–Trinajstić information content (AvgIpc) is 2.63. The van der Waals surface area contributed by atoms with Gasteiger partial charge in [-0.1, -0.05) is 18.2 Å². The summed E-state index contributed by atoms with van der Waals surface area (Å²) in [6.45, 7) is 2.54. The summed E-state index contributed by atoms with van der Waals surface area (Å²) >= 11 is 0. The van der Waals surface area contributed by atoms with Crippen LogP contribution in [-0.4, -0.2) is 28.7 Å². The number of benzene rings is 1. The number of aryl methyl sites for hydroxylation is 1. The van der Waals surface area contributed by atoms with Crippen molar-refractivity contribution >= 4 is 16.8 Å². The van der Waals surface area contributed by atoms with Gasteiger partial charge in [0.25, 0.3) is 5.91 Å². The predicted molar refractivity (Wildman–Crippen MR) is 71.7 cm³/mol. The van der Waals surface area contributed by atoms with Gasteiger partial charge >= 0.3 is 0 Å². The molecule has 0 bridgehead atoms. The predicted octanol–water partition coefficient (Wildman–Crippen LogP) is 1.60. The molecule has 0 radical (unpaired) electrons. The van der Waals surface area contributed by atoms with Gasteiger partial charge in [-0.25, -0.2) is 0 Å². The van der Waals surface area contributed by atoms with Crippen molar-refractivity contribution in [3.05, 3.63) is 35.5 Å². The first kappa shape index (κ1) is 12.6. The Balaban J connectivity index is 2.38. The van der Waals surface area contributed by atoms with Crippen LogP contribution in [0.3, 0.4) is 0 Å². The van der Waals surface area contributed by atoms with Gasteiger partial charge in [-0.2, -0.15) is 0 Å². The van der Waals surface area contributed by atoms with Crippen molar-refractivity contribution in [1.29, 1.82) is 0 Å². The minimum absolute atomic E-state index is 0.0715. The maximum absolute atomic E-state index is 12.2. The van der Waals surface area contributed by atoms with Gasteiger partial charge in [0.1, 0.15) is 0 Å². The summed E-state index contributed by atoms with van der Waals surface area (Å²) in [5.41, 5.74) is 2.74. The average molecular weight is 246 g/mol. The second-order valence-corrected chi connectivity index (χ2v) is 4.37. The monoisotopic (exact) mass is 246 g/mol. The summed E-state index contributed by atoms with van der Waals surface area (Å²) in [4.78, 5) is 12.2. The van der Waals surface area contributed by atoms with Gasteiger partial charge in [0.15, 0.2) is 0 Å². The van der Waals surface area contributed by atoms with E-state index in [1.165, 1.54) is 0 Å². The molecular weight excluding hydrogens is 228 g/mol. The molecule has 0 aliphatic carbocycles. The van der Waals surface area contributed by atoms with Gasteiger partial charge in [0.2, 0.25) is 0 Å². The van der Waals surface area contributed by atoms with Crippen LogP contribution in [0.5, 0.6) is 0 Å². The van der Waals surface area contributed by atoms with Crippen LogP contribution in [0.4, 0.5) is 0 Å². The number of nitrogens with zero attached hydrogens (tertiary/aromatic N) is 1. The number of amides is 1. The van der Waals surface area contributed by atoms with Crippen LogP contribution in [-0.2, 0) is 7.05 Å². The zero-order chi connectivity index (χ0) is 13.1. The number of aromatic nitrogens is 1. The molecule has 1 aromatic carbocycles. The molecule has 96 valence electrons. The molecule has 1 amide bonds. The molecule has 18 heavy (non-hydrogen) atoms. The second kappa shape index (κ2) is 5.23. The lowest BCUT2D eigenvalue weighted by molar-refractivity contribution is 0.0952. The molecule has 2 rings (SSSR count). The summed E-state index contributed by atoms with van der Waals surface area (Å²) in [6, 6.07) is 7.87. The highest BCUT2D eigenvalue weighted by atomic mass is 16.3. The highest BCUT2D eigenvalue weighted by Crippen LogP contribution is 2.24. The molecule has 2 N–H and O–H groups in total. The number of fused-ring (bicyclic) bond motifs is 1. The van der Waals surface area contributed by atoms with Crippen molar-refractivity contribution < 1.29 is 9.90 Å². The highest BCUT2D eigenvalue weighted by molar-refractivity contribution is 6.08. The van der Waals surface area contributed by atoms with Gasteiger partial charge in [-0.05, 0) is 19.4 Å². The molecule has 0 unspecified atom stereocenters. The number of para-hydroxylation sites is 1. The van der Waals surface area contributed by atoms with E-state index in [1.807, 2.05) is 42.8 Å². The van der Waals surface area contributed by atoms with Crippen LogP contribution in [0, 0.1) is 6.92 Å². The number of carbonyl (C=O) groups excluding carboxylic acids is 1. The van der Waals surface area contributed by atoms with Crippen LogP contribution >= 0.6 is 0 Å². The molecule has 0 aliphatic heterocycles. The Morgan fingerprint density at radius 2 is 2.11 bits per heavy atom. The molecule has 0 spiro atoms. The van der Waals surface area contributed by atoms with Crippen LogP contribution in [0.15, 0.2) is 24.3 Å². The molecule has 4 heteroatoms. The molecule has 0 saturated carbocycles. The van der Waals surface area contributed by atoms with Gasteiger partial charge in [0, 0.05) is 36.8 Å². The third-order valence-electron chi connectivity index (χ3n) is 3.25. The van der Waals surface area contributed by atoms with E-state index in [2.05, 4.69) is 5.32 Å². The quantitative estimate of drug-likeness (QED) is 0.805. The smallest absolute Gasteiger partial charge is 0.253 e. The summed E-state index contributed by atoms with van der Waals surface area (Å²) in [5, 5.41) is 12.5. The fourth-order valence-corrected chi connectivity index (χ4v) is 2.18. The first-order valence-electron chi connectivity index (χ1n) is 6.10. The Kier molecular flexibility index (Phi) is 3.67. The summed E-state index contributed by atoms with van der Waals surface area (Å²) in [6.07, 6.45) is 0.579. The number of hydrogen-bond acceptors (Lipinski definition) is 2. The number of hydrogen-bond donors (Lipinski definition) is 2. The lowest BCUT2D eigenvalue weighted by atomic mass is 10.1. The first-order valence-corrected chi connectivity index (χ1v) is 6.10. The van der Waals surface area contributed by atoms with Gasteiger partial charge < -0.3 is 15.0 Å². The largest absolute Gasteiger partial charge is 0.396 e. The normalized spacial score (nSPS) is 10.8. The van der Waals surface area contributed by atoms with Crippen LogP contribution in [0.2, 0.25) is 0 Å². The maximum Gasteiger partial charge on any atom is 0.253 e. The molecular formula is C14H18N2O2. The standard InChI is InChI=1S/C14H18N2O2/c1-10-13(14(18)15-8-5-9-17)11-6-3-4-7-12(11)16(10)2/h3-4,6-7,17H,5,8-9H2,1-2H3,(H,15,18). The zero-order valence-electron chi connectivity index (χ0n) is 10.7. The number of rotatable bonds is 4. The number of carbonyl (C=O) groups is 1. The lowest BCUT2D eigenvalue weighted by Gasteiger charge is -2.04. The Hall–Kier alpha value is -1.81. The minimum Gasteiger partial charge on any atom is -0.396 e. The van der Waals surface area contributed by atoms with Gasteiger partial charge in [-0.3, -0.25) is 4.79 Å². The first-order chi connectivity index (χ1) is 8.66. The molecule has 4 nitrogen and oxygen atoms in total. The van der Waals surface area contributed by atoms with E-state index in [4.69, 9.17) is 5.11 Å². The highest BCUT2D eigenvalue weighted by Gasteiger charge is 2.17. The maximum atomic E-state index is 12.2. The topological polar surface area (TPSA) is 54.3 Å². The fourth-order valence-electron chi connectivity index (χ4n) is 2.18. The van der Waals surface area contributed by atoms with E-state index in [0.717, 1.165) is 22.2 Å². The van der Waals surface area contributed by atoms with Crippen molar-refractivity contribution in [2.45, 2.75) is 13.3 Å². The van der Waals surface area contributed by atoms with E-state index < -0.39 is 0 Å². The fraction of sp³-hybridized carbons (Fsp3) is 0.357. The van der Waals surface area contributed by atoms with Crippen LogP contribution in [0.1, 0.15) is 22.5 Å². The van der Waals surface area contributed by atoms with E-state index in [0.29, 0.717) is 13.0 Å². The zero-order valence-corrected chi connectivity index (χ0v) is 10.7. The van der Waals surface area contributed by atoms with Crippen LogP contribution < -0.4 is 5.32 Å². The summed E-state index contributed by atoms with van der Waals surface area (Å²) < 4.78 is 2.02. The molecule has 1 heterocycles. The molecule has 0 atom stereocenters. The molecule has 0 saturated heterocycles. The van der Waals surface area contributed by atoms with Crippen molar-refractivity contribution in [2.24, 2.45) is 7.05 Å². The van der Waals surface area contributed by atoms with Crippen LogP contribution in [0.25, 0.3) is 10.9 Å². The number of nitrogens with one attached hydrogen (secondary N) is 1. The molecule has 0 aliphatic rings. The summed E-state index contributed by atoms with van der Waals surface area (Å²) in [7, 11) is 1.96. The van der Waals surface area contributed by atoms with E-state index in [9.17, 15) is 4.79 Å². The van der Waals surface area contributed by atoms with Gasteiger partial charge in [0.05, 0.1) is 5.56 Å². The molecule has 1 aromatic heterocycles. The molecule has 0 fully saturated rings. The van der Waals surface area contributed by atoms with Crippen molar-refractivity contribution in [1.82, 2.24) is 9.88 Å². The lowest BCUT2D eigenvalue weighted by Crippen LogP contribution is -2.25. The molecule has 2 aromatic rings. The Morgan fingerprint density at radius 3 is 2.83 bits per heavy atom. The number of aliphatic hydroxyl groups is 1. The van der Waals surface area contributed by atoms with E-state index in [-0.39, 0.29) is 12.5 Å². The Labute approximate surface area is 106 Å². The minimum atomic E-state index is -0.0715. The third-order valence-corrected chi connectivity index (χ3v) is 3.25. The number of aliphatic hydroxyl groups excluding tert-OH is 1. The van der Waals surface area contributed by atoms with Crippen molar-refractivity contribution in [2.75, 3.05) is 13.2 Å². The van der Waals surface area contributed by atoms with Gasteiger partial charge in [-0.15, -0.1) is 0 Å². The van der Waals surface area contributed by atoms with Crippen molar-refractivity contribution in [3.8, 4) is 0 Å². The Morgan fingerprint density at radius 1 is 1.39 bits per heavy atom. The van der Waals surface area contributed by atoms with E-state index >= 15 is 0 Å². The Bertz CT molecular complexity index is 572.